The Morgan fingerprint density at radius 3 is 2.16 bits per heavy atom. The van der Waals surface area contributed by atoms with Crippen LogP contribution in [0.15, 0.2) is 24.3 Å². The minimum absolute atomic E-state index is 0.160. The van der Waals surface area contributed by atoms with E-state index in [1.54, 1.807) is 12.1 Å². The number of hydrogen-bond donors (Lipinski definition) is 0. The van der Waals surface area contributed by atoms with Crippen molar-refractivity contribution >= 4 is 5.69 Å². The Hall–Kier alpha value is -1.09. The zero-order chi connectivity index (χ0) is 13.9. The van der Waals surface area contributed by atoms with Crippen LogP contribution in [0, 0.1) is 11.2 Å². The molecule has 19 heavy (non-hydrogen) atoms. The summed E-state index contributed by atoms with van der Waals surface area (Å²) in [7, 11) is 0. The SMILES string of the molecule is CCC(C)(C)CN1CCN(c2ccc(F)cc2)CC1. The molecule has 1 aliphatic heterocycles. The Labute approximate surface area is 116 Å². The van der Waals surface area contributed by atoms with Gasteiger partial charge in [0.2, 0.25) is 0 Å². The maximum absolute atomic E-state index is 12.9. The minimum Gasteiger partial charge on any atom is -0.369 e. The lowest BCUT2D eigenvalue weighted by Crippen LogP contribution is -2.49. The van der Waals surface area contributed by atoms with Crippen molar-refractivity contribution in [2.75, 3.05) is 37.6 Å². The summed E-state index contributed by atoms with van der Waals surface area (Å²) < 4.78 is 12.9. The molecule has 0 unspecified atom stereocenters. The molecule has 0 amide bonds. The van der Waals surface area contributed by atoms with Gasteiger partial charge in [-0.2, -0.15) is 0 Å². The lowest BCUT2D eigenvalue weighted by Gasteiger charge is -2.39. The van der Waals surface area contributed by atoms with Gasteiger partial charge in [-0.05, 0) is 36.1 Å². The van der Waals surface area contributed by atoms with Crippen LogP contribution in [-0.2, 0) is 0 Å². The molecule has 0 saturated carbocycles. The van der Waals surface area contributed by atoms with Gasteiger partial charge in [0.1, 0.15) is 5.82 Å². The number of benzene rings is 1. The van der Waals surface area contributed by atoms with Crippen LogP contribution in [0.2, 0.25) is 0 Å². The van der Waals surface area contributed by atoms with Gasteiger partial charge < -0.3 is 4.90 Å². The Morgan fingerprint density at radius 2 is 1.63 bits per heavy atom. The van der Waals surface area contributed by atoms with Crippen LogP contribution in [0.25, 0.3) is 0 Å². The molecule has 1 aliphatic rings. The predicted molar refractivity (Wildman–Crippen MR) is 79.1 cm³/mol. The van der Waals surface area contributed by atoms with E-state index in [1.807, 2.05) is 12.1 Å². The Kier molecular flexibility index (Phi) is 4.46. The molecule has 1 aromatic carbocycles. The molecule has 106 valence electrons. The lowest BCUT2D eigenvalue weighted by atomic mass is 9.89. The van der Waals surface area contributed by atoms with Crippen molar-refractivity contribution < 1.29 is 4.39 Å². The van der Waals surface area contributed by atoms with Crippen molar-refractivity contribution in [3.05, 3.63) is 30.1 Å². The highest BCUT2D eigenvalue weighted by atomic mass is 19.1. The number of piperazine rings is 1. The van der Waals surface area contributed by atoms with Crippen molar-refractivity contribution in [3.8, 4) is 0 Å². The highest BCUT2D eigenvalue weighted by molar-refractivity contribution is 5.46. The molecule has 1 heterocycles. The van der Waals surface area contributed by atoms with E-state index in [0.717, 1.165) is 31.9 Å². The van der Waals surface area contributed by atoms with E-state index < -0.39 is 0 Å². The fraction of sp³-hybridized carbons (Fsp3) is 0.625. The average Bonchev–Trinajstić information content (AvgIpc) is 2.40. The summed E-state index contributed by atoms with van der Waals surface area (Å²) >= 11 is 0. The van der Waals surface area contributed by atoms with Crippen LogP contribution in [0.1, 0.15) is 27.2 Å². The van der Waals surface area contributed by atoms with E-state index in [1.165, 1.54) is 13.0 Å². The average molecular weight is 264 g/mol. The monoisotopic (exact) mass is 264 g/mol. The van der Waals surface area contributed by atoms with E-state index in [2.05, 4.69) is 30.6 Å². The summed E-state index contributed by atoms with van der Waals surface area (Å²) in [4.78, 5) is 4.89. The fourth-order valence-corrected chi connectivity index (χ4v) is 2.53. The first-order valence-corrected chi connectivity index (χ1v) is 7.23. The maximum atomic E-state index is 12.9. The van der Waals surface area contributed by atoms with Crippen molar-refractivity contribution in [2.24, 2.45) is 5.41 Å². The predicted octanol–water partition coefficient (Wildman–Crippen LogP) is 3.38. The lowest BCUT2D eigenvalue weighted by molar-refractivity contribution is 0.165. The van der Waals surface area contributed by atoms with E-state index >= 15 is 0 Å². The third-order valence-corrected chi connectivity index (χ3v) is 4.17. The summed E-state index contributed by atoms with van der Waals surface area (Å²) in [5.41, 5.74) is 1.54. The van der Waals surface area contributed by atoms with Crippen LogP contribution in [0.5, 0.6) is 0 Å². The quantitative estimate of drug-likeness (QED) is 0.822. The first kappa shape index (κ1) is 14.3. The smallest absolute Gasteiger partial charge is 0.123 e. The molecule has 0 bridgehead atoms. The Morgan fingerprint density at radius 1 is 1.05 bits per heavy atom. The van der Waals surface area contributed by atoms with Gasteiger partial charge >= 0.3 is 0 Å². The second kappa shape index (κ2) is 5.91. The fourth-order valence-electron chi connectivity index (χ4n) is 2.53. The van der Waals surface area contributed by atoms with Gasteiger partial charge in [0, 0.05) is 38.4 Å². The Bertz CT molecular complexity index is 392. The highest BCUT2D eigenvalue weighted by Crippen LogP contribution is 2.23. The van der Waals surface area contributed by atoms with Crippen molar-refractivity contribution in [2.45, 2.75) is 27.2 Å². The summed E-state index contributed by atoms with van der Waals surface area (Å²) in [6.07, 6.45) is 1.21. The number of halogens is 1. The molecule has 0 spiro atoms. The van der Waals surface area contributed by atoms with E-state index in [4.69, 9.17) is 0 Å². The van der Waals surface area contributed by atoms with Gasteiger partial charge in [0.25, 0.3) is 0 Å². The molecule has 0 aromatic heterocycles. The van der Waals surface area contributed by atoms with Crippen LogP contribution in [0.4, 0.5) is 10.1 Å². The van der Waals surface area contributed by atoms with Gasteiger partial charge in [-0.3, -0.25) is 4.90 Å². The Balaban J connectivity index is 1.87. The molecule has 0 radical (unpaired) electrons. The zero-order valence-electron chi connectivity index (χ0n) is 12.3. The number of rotatable bonds is 4. The first-order valence-electron chi connectivity index (χ1n) is 7.23. The largest absolute Gasteiger partial charge is 0.369 e. The van der Waals surface area contributed by atoms with Crippen molar-refractivity contribution in [3.63, 3.8) is 0 Å². The zero-order valence-corrected chi connectivity index (χ0v) is 12.3. The van der Waals surface area contributed by atoms with Gasteiger partial charge in [0.15, 0.2) is 0 Å². The van der Waals surface area contributed by atoms with E-state index in [0.29, 0.717) is 5.41 Å². The molecule has 1 aromatic rings. The summed E-state index contributed by atoms with van der Waals surface area (Å²) in [6, 6.07) is 6.84. The standard InChI is InChI=1S/C16H25FN2/c1-4-16(2,3)13-18-9-11-19(12-10-18)15-7-5-14(17)6-8-15/h5-8H,4,9-13H2,1-3H3. The normalized spacial score (nSPS) is 17.8. The molecule has 1 saturated heterocycles. The number of hydrogen-bond acceptors (Lipinski definition) is 2. The van der Waals surface area contributed by atoms with Gasteiger partial charge in [-0.1, -0.05) is 20.8 Å². The number of nitrogens with zero attached hydrogens (tertiary/aromatic N) is 2. The molecular weight excluding hydrogens is 239 g/mol. The summed E-state index contributed by atoms with van der Waals surface area (Å²) in [5, 5.41) is 0. The van der Waals surface area contributed by atoms with Crippen LogP contribution >= 0.6 is 0 Å². The summed E-state index contributed by atoms with van der Waals surface area (Å²) in [5.74, 6) is -0.160. The topological polar surface area (TPSA) is 6.48 Å². The van der Waals surface area contributed by atoms with E-state index in [-0.39, 0.29) is 5.82 Å². The van der Waals surface area contributed by atoms with Crippen LogP contribution in [0.3, 0.4) is 0 Å². The molecule has 0 atom stereocenters. The summed E-state index contributed by atoms with van der Waals surface area (Å²) in [6.45, 7) is 12.4. The molecule has 1 fully saturated rings. The third-order valence-electron chi connectivity index (χ3n) is 4.17. The molecule has 3 heteroatoms. The van der Waals surface area contributed by atoms with Gasteiger partial charge in [0.05, 0.1) is 0 Å². The van der Waals surface area contributed by atoms with Gasteiger partial charge in [-0.15, -0.1) is 0 Å². The molecule has 0 aliphatic carbocycles. The molecule has 2 rings (SSSR count). The first-order chi connectivity index (χ1) is 9.00. The molecule has 2 nitrogen and oxygen atoms in total. The number of anilines is 1. The second-order valence-electron chi connectivity index (χ2n) is 6.26. The van der Waals surface area contributed by atoms with Crippen LogP contribution in [-0.4, -0.2) is 37.6 Å². The maximum Gasteiger partial charge on any atom is 0.123 e. The van der Waals surface area contributed by atoms with Crippen molar-refractivity contribution in [1.82, 2.24) is 4.90 Å². The highest BCUT2D eigenvalue weighted by Gasteiger charge is 2.23. The van der Waals surface area contributed by atoms with Crippen LogP contribution < -0.4 is 4.90 Å². The molecular formula is C16H25FN2. The van der Waals surface area contributed by atoms with E-state index in [9.17, 15) is 4.39 Å². The minimum atomic E-state index is -0.160. The van der Waals surface area contributed by atoms with Crippen molar-refractivity contribution in [1.29, 1.82) is 0 Å². The molecule has 0 N–H and O–H groups in total. The second-order valence-corrected chi connectivity index (χ2v) is 6.26. The third kappa shape index (κ3) is 3.93. The van der Waals surface area contributed by atoms with Gasteiger partial charge in [-0.25, -0.2) is 4.39 Å².